The number of likely N-dealkylation sites (tertiary alicyclic amines) is 1. The minimum atomic E-state index is -0.787. The molecule has 23 heavy (non-hydrogen) atoms. The first-order chi connectivity index (χ1) is 11.1. The summed E-state index contributed by atoms with van der Waals surface area (Å²) in [5.74, 6) is -0.785. The molecule has 1 saturated carbocycles. The Kier molecular flexibility index (Phi) is 4.66. The monoisotopic (exact) mass is 317 g/mol. The van der Waals surface area contributed by atoms with E-state index in [1.165, 1.54) is 0 Å². The Hall–Kier alpha value is -1.88. The van der Waals surface area contributed by atoms with Crippen LogP contribution in [0.1, 0.15) is 31.4 Å². The minimum Gasteiger partial charge on any atom is -0.481 e. The molecule has 0 bridgehead atoms. The van der Waals surface area contributed by atoms with Gasteiger partial charge in [-0.15, -0.1) is 0 Å². The van der Waals surface area contributed by atoms with Crippen molar-refractivity contribution in [3.05, 3.63) is 35.9 Å². The molecule has 0 aromatic heterocycles. The quantitative estimate of drug-likeness (QED) is 0.874. The van der Waals surface area contributed by atoms with Crippen molar-refractivity contribution in [1.29, 1.82) is 0 Å². The Balaban J connectivity index is 1.76. The van der Waals surface area contributed by atoms with Gasteiger partial charge in [0, 0.05) is 19.7 Å². The maximum Gasteiger partial charge on any atom is 0.308 e. The molecule has 2 fully saturated rings. The standard InChI is InChI=1S/C18H23NO4/c1-2-23-16(13-6-4-3-5-7-13)17(20)19-10-14(12-8-9-12)15(11-19)18(21)22/h3-7,12,14-16H,2,8-11H2,1H3,(H,21,22)/t14-,15+,16?/m1/s1. The van der Waals surface area contributed by atoms with Gasteiger partial charge in [-0.25, -0.2) is 0 Å². The van der Waals surface area contributed by atoms with Gasteiger partial charge in [0.1, 0.15) is 0 Å². The minimum absolute atomic E-state index is 0.0921. The lowest BCUT2D eigenvalue weighted by atomic mass is 9.92. The van der Waals surface area contributed by atoms with Crippen LogP contribution >= 0.6 is 0 Å². The number of benzene rings is 1. The lowest BCUT2D eigenvalue weighted by Crippen LogP contribution is -2.35. The molecular weight excluding hydrogens is 294 g/mol. The van der Waals surface area contributed by atoms with Gasteiger partial charge in [0.25, 0.3) is 5.91 Å². The summed E-state index contributed by atoms with van der Waals surface area (Å²) in [5.41, 5.74) is 0.820. The Morgan fingerprint density at radius 3 is 2.52 bits per heavy atom. The van der Waals surface area contributed by atoms with Crippen LogP contribution in [-0.4, -0.2) is 41.6 Å². The van der Waals surface area contributed by atoms with E-state index in [9.17, 15) is 14.7 Å². The first kappa shape index (κ1) is 16.0. The summed E-state index contributed by atoms with van der Waals surface area (Å²) in [4.78, 5) is 26.1. The molecule has 1 aliphatic carbocycles. The lowest BCUT2D eigenvalue weighted by molar-refractivity contribution is -0.144. The summed E-state index contributed by atoms with van der Waals surface area (Å²) in [5, 5.41) is 9.45. The number of hydrogen-bond donors (Lipinski definition) is 1. The number of carbonyl (C=O) groups excluding carboxylic acids is 1. The molecule has 1 aromatic rings. The van der Waals surface area contributed by atoms with E-state index in [2.05, 4.69) is 0 Å². The molecule has 1 heterocycles. The summed E-state index contributed by atoms with van der Waals surface area (Å²) in [6.45, 7) is 3.14. The van der Waals surface area contributed by atoms with Crippen molar-refractivity contribution < 1.29 is 19.4 Å². The maximum atomic E-state index is 12.9. The van der Waals surface area contributed by atoms with Crippen molar-refractivity contribution in [1.82, 2.24) is 4.90 Å². The molecule has 1 aromatic carbocycles. The fraction of sp³-hybridized carbons (Fsp3) is 0.556. The summed E-state index contributed by atoms with van der Waals surface area (Å²) in [6, 6.07) is 9.41. The number of aliphatic carboxylic acids is 1. The van der Waals surface area contributed by atoms with E-state index in [0.717, 1.165) is 18.4 Å². The highest BCUT2D eigenvalue weighted by molar-refractivity contribution is 5.84. The number of rotatable bonds is 6. The first-order valence-corrected chi connectivity index (χ1v) is 8.30. The summed E-state index contributed by atoms with van der Waals surface area (Å²) in [6.07, 6.45) is 1.53. The summed E-state index contributed by atoms with van der Waals surface area (Å²) in [7, 11) is 0. The smallest absolute Gasteiger partial charge is 0.308 e. The average molecular weight is 317 g/mol. The molecule has 124 valence electrons. The second-order valence-corrected chi connectivity index (χ2v) is 6.44. The third-order valence-electron chi connectivity index (χ3n) is 4.88. The fourth-order valence-corrected chi connectivity index (χ4v) is 3.54. The number of nitrogens with zero attached hydrogens (tertiary/aromatic N) is 1. The van der Waals surface area contributed by atoms with Crippen LogP contribution in [0.25, 0.3) is 0 Å². The van der Waals surface area contributed by atoms with Crippen LogP contribution in [0.4, 0.5) is 0 Å². The maximum absolute atomic E-state index is 12.9. The van der Waals surface area contributed by atoms with Gasteiger partial charge in [0.15, 0.2) is 6.10 Å². The summed E-state index contributed by atoms with van der Waals surface area (Å²) >= 11 is 0. The lowest BCUT2D eigenvalue weighted by Gasteiger charge is -2.23. The number of amides is 1. The van der Waals surface area contributed by atoms with Crippen molar-refractivity contribution >= 4 is 11.9 Å². The molecule has 0 spiro atoms. The Labute approximate surface area is 136 Å². The van der Waals surface area contributed by atoms with Gasteiger partial charge in [-0.1, -0.05) is 30.3 Å². The molecule has 5 heteroatoms. The SMILES string of the molecule is CCOC(C(=O)N1C[C@H](C(=O)O)[C@@H](C2CC2)C1)c1ccccc1. The van der Waals surface area contributed by atoms with Gasteiger partial charge >= 0.3 is 5.97 Å². The van der Waals surface area contributed by atoms with Crippen LogP contribution in [0.3, 0.4) is 0 Å². The van der Waals surface area contributed by atoms with E-state index < -0.39 is 18.0 Å². The van der Waals surface area contributed by atoms with Crippen LogP contribution in [0.2, 0.25) is 0 Å². The van der Waals surface area contributed by atoms with Crippen molar-refractivity contribution in [2.24, 2.45) is 17.8 Å². The van der Waals surface area contributed by atoms with Crippen molar-refractivity contribution in [2.75, 3.05) is 19.7 Å². The van der Waals surface area contributed by atoms with Gasteiger partial charge in [-0.2, -0.15) is 0 Å². The first-order valence-electron chi connectivity index (χ1n) is 8.30. The topological polar surface area (TPSA) is 66.8 Å². The molecule has 5 nitrogen and oxygen atoms in total. The van der Waals surface area contributed by atoms with E-state index in [1.54, 1.807) is 4.90 Å². The number of ether oxygens (including phenoxy) is 1. The van der Waals surface area contributed by atoms with Gasteiger partial charge in [-0.3, -0.25) is 9.59 Å². The molecule has 1 amide bonds. The van der Waals surface area contributed by atoms with Gasteiger partial charge in [-0.05, 0) is 37.2 Å². The molecule has 3 atom stereocenters. The number of carbonyl (C=O) groups is 2. The van der Waals surface area contributed by atoms with E-state index in [1.807, 2.05) is 37.3 Å². The van der Waals surface area contributed by atoms with Crippen molar-refractivity contribution in [3.8, 4) is 0 Å². The third-order valence-corrected chi connectivity index (χ3v) is 4.88. The normalized spacial score (nSPS) is 25.3. The predicted molar refractivity (Wildman–Crippen MR) is 84.7 cm³/mol. The van der Waals surface area contributed by atoms with E-state index in [4.69, 9.17) is 4.74 Å². The molecule has 1 N–H and O–H groups in total. The summed E-state index contributed by atoms with van der Waals surface area (Å²) < 4.78 is 5.67. The van der Waals surface area contributed by atoms with Gasteiger partial charge < -0.3 is 14.7 Å². The second kappa shape index (κ2) is 6.71. The highest BCUT2D eigenvalue weighted by atomic mass is 16.5. The van der Waals surface area contributed by atoms with Crippen LogP contribution < -0.4 is 0 Å². The molecule has 3 rings (SSSR count). The Morgan fingerprint density at radius 2 is 1.96 bits per heavy atom. The molecule has 1 aliphatic heterocycles. The zero-order valence-corrected chi connectivity index (χ0v) is 13.4. The number of carboxylic acids is 1. The highest BCUT2D eigenvalue weighted by Gasteiger charge is 2.47. The van der Waals surface area contributed by atoms with Crippen LogP contribution in [-0.2, 0) is 14.3 Å². The van der Waals surface area contributed by atoms with Gasteiger partial charge in [0.2, 0.25) is 0 Å². The van der Waals surface area contributed by atoms with Crippen LogP contribution in [0.15, 0.2) is 30.3 Å². The molecule has 1 unspecified atom stereocenters. The van der Waals surface area contributed by atoms with E-state index in [0.29, 0.717) is 25.6 Å². The van der Waals surface area contributed by atoms with E-state index in [-0.39, 0.29) is 11.8 Å². The molecule has 2 aliphatic rings. The van der Waals surface area contributed by atoms with Crippen LogP contribution in [0.5, 0.6) is 0 Å². The van der Waals surface area contributed by atoms with Crippen molar-refractivity contribution in [3.63, 3.8) is 0 Å². The zero-order valence-electron chi connectivity index (χ0n) is 13.4. The van der Waals surface area contributed by atoms with Crippen LogP contribution in [0, 0.1) is 17.8 Å². The van der Waals surface area contributed by atoms with Gasteiger partial charge in [0.05, 0.1) is 5.92 Å². The zero-order chi connectivity index (χ0) is 16.4. The molecule has 1 saturated heterocycles. The number of carboxylic acid groups (broad SMARTS) is 1. The highest BCUT2D eigenvalue weighted by Crippen LogP contribution is 2.44. The number of hydrogen-bond acceptors (Lipinski definition) is 3. The third kappa shape index (κ3) is 3.39. The second-order valence-electron chi connectivity index (χ2n) is 6.44. The van der Waals surface area contributed by atoms with Crippen molar-refractivity contribution in [2.45, 2.75) is 25.9 Å². The van der Waals surface area contributed by atoms with E-state index >= 15 is 0 Å². The molecular formula is C18H23NO4. The average Bonchev–Trinajstić information content (AvgIpc) is 3.31. The largest absolute Gasteiger partial charge is 0.481 e. The predicted octanol–water partition coefficient (Wildman–Crippen LogP) is 2.33. The Bertz CT molecular complexity index is 570. The fourth-order valence-electron chi connectivity index (χ4n) is 3.54. The Morgan fingerprint density at radius 1 is 1.26 bits per heavy atom. The molecule has 0 radical (unpaired) electrons.